The summed E-state index contributed by atoms with van der Waals surface area (Å²) in [5.74, 6) is -1.08. The molecule has 5 heteroatoms. The Balaban J connectivity index is 3.18. The third-order valence-electron chi connectivity index (χ3n) is 2.17. The molecular formula is C12H11NO4. The van der Waals surface area contributed by atoms with E-state index in [4.69, 9.17) is 5.11 Å². The lowest BCUT2D eigenvalue weighted by atomic mass is 10.0. The number of allylic oxidation sites excluding steroid dienone is 2. The molecule has 0 bridgehead atoms. The standard InChI is InChI=1S/C12H11NO4/c1-8(7-9(2)12(14)15)10-5-3-4-6-11(10)13(16)17/h3-7H,1H2,2H3,(H,14,15)/b9-7+. The van der Waals surface area contributed by atoms with E-state index in [2.05, 4.69) is 6.58 Å². The second kappa shape index (κ2) is 5.07. The molecule has 0 aliphatic carbocycles. The zero-order valence-corrected chi connectivity index (χ0v) is 9.21. The van der Waals surface area contributed by atoms with E-state index in [9.17, 15) is 14.9 Å². The number of hydrogen-bond acceptors (Lipinski definition) is 3. The van der Waals surface area contributed by atoms with Crippen LogP contribution in [0.4, 0.5) is 5.69 Å². The van der Waals surface area contributed by atoms with Gasteiger partial charge in [0.15, 0.2) is 0 Å². The summed E-state index contributed by atoms with van der Waals surface area (Å²) in [6.45, 7) is 5.05. The average molecular weight is 233 g/mol. The smallest absolute Gasteiger partial charge is 0.331 e. The van der Waals surface area contributed by atoms with E-state index in [-0.39, 0.29) is 11.3 Å². The summed E-state index contributed by atoms with van der Waals surface area (Å²) in [6.07, 6.45) is 1.31. The molecule has 0 saturated carbocycles. The molecule has 88 valence electrons. The molecule has 0 radical (unpaired) electrons. The number of benzene rings is 1. The van der Waals surface area contributed by atoms with E-state index in [1.54, 1.807) is 12.1 Å². The molecule has 0 aromatic heterocycles. The number of hydrogen-bond donors (Lipinski definition) is 1. The van der Waals surface area contributed by atoms with Crippen LogP contribution in [0.15, 0.2) is 42.5 Å². The van der Waals surface area contributed by atoms with Crippen LogP contribution in [0.3, 0.4) is 0 Å². The van der Waals surface area contributed by atoms with E-state index in [0.717, 1.165) is 0 Å². The molecule has 0 spiro atoms. The molecule has 0 fully saturated rings. The number of nitro groups is 1. The number of para-hydroxylation sites is 1. The van der Waals surface area contributed by atoms with Gasteiger partial charge < -0.3 is 5.11 Å². The van der Waals surface area contributed by atoms with Gasteiger partial charge in [0.25, 0.3) is 5.69 Å². The van der Waals surface area contributed by atoms with Crippen molar-refractivity contribution in [3.05, 3.63) is 58.2 Å². The topological polar surface area (TPSA) is 80.4 Å². The Kier molecular flexibility index (Phi) is 3.77. The Hall–Kier alpha value is -2.43. The fourth-order valence-corrected chi connectivity index (χ4v) is 1.31. The van der Waals surface area contributed by atoms with Gasteiger partial charge in [0, 0.05) is 11.6 Å². The van der Waals surface area contributed by atoms with Gasteiger partial charge in [0.1, 0.15) is 0 Å². The SMILES string of the molecule is C=C(/C=C(\C)C(=O)O)c1ccccc1[N+](=O)[O-]. The fourth-order valence-electron chi connectivity index (χ4n) is 1.31. The van der Waals surface area contributed by atoms with E-state index < -0.39 is 10.9 Å². The second-order valence-electron chi connectivity index (χ2n) is 3.43. The Labute approximate surface area is 97.9 Å². The van der Waals surface area contributed by atoms with Crippen LogP contribution in [-0.4, -0.2) is 16.0 Å². The van der Waals surface area contributed by atoms with Crippen molar-refractivity contribution >= 4 is 17.2 Å². The molecule has 5 nitrogen and oxygen atoms in total. The fraction of sp³-hybridized carbons (Fsp3) is 0.0833. The van der Waals surface area contributed by atoms with Crippen LogP contribution in [0, 0.1) is 10.1 Å². The Bertz CT molecular complexity index is 517. The number of nitrogens with zero attached hydrogens (tertiary/aromatic N) is 1. The lowest BCUT2D eigenvalue weighted by Crippen LogP contribution is -1.97. The summed E-state index contributed by atoms with van der Waals surface area (Å²) < 4.78 is 0. The molecule has 0 saturated heterocycles. The highest BCUT2D eigenvalue weighted by atomic mass is 16.6. The molecule has 0 atom stereocenters. The highest BCUT2D eigenvalue weighted by Gasteiger charge is 2.14. The van der Waals surface area contributed by atoms with Crippen LogP contribution in [0.25, 0.3) is 5.57 Å². The quantitative estimate of drug-likeness (QED) is 0.375. The summed E-state index contributed by atoms with van der Waals surface area (Å²) in [5, 5.41) is 19.5. The molecule has 0 aliphatic rings. The number of carboxylic acid groups (broad SMARTS) is 1. The molecule has 1 rings (SSSR count). The van der Waals surface area contributed by atoms with Crippen LogP contribution >= 0.6 is 0 Å². The summed E-state index contributed by atoms with van der Waals surface area (Å²) in [6, 6.07) is 6.07. The van der Waals surface area contributed by atoms with Gasteiger partial charge >= 0.3 is 5.97 Å². The molecule has 0 heterocycles. The van der Waals surface area contributed by atoms with Gasteiger partial charge in [0.2, 0.25) is 0 Å². The normalized spacial score (nSPS) is 11.0. The van der Waals surface area contributed by atoms with Gasteiger partial charge in [-0.05, 0) is 24.6 Å². The Morgan fingerprint density at radius 3 is 2.59 bits per heavy atom. The molecular weight excluding hydrogens is 222 g/mol. The lowest BCUT2D eigenvalue weighted by molar-refractivity contribution is -0.385. The van der Waals surface area contributed by atoms with E-state index in [1.165, 1.54) is 25.1 Å². The van der Waals surface area contributed by atoms with Crippen LogP contribution < -0.4 is 0 Å². The molecule has 1 aromatic carbocycles. The second-order valence-corrected chi connectivity index (χ2v) is 3.43. The molecule has 0 aliphatic heterocycles. The molecule has 17 heavy (non-hydrogen) atoms. The van der Waals surface area contributed by atoms with E-state index in [1.807, 2.05) is 0 Å². The number of rotatable bonds is 4. The summed E-state index contributed by atoms with van der Waals surface area (Å²) in [7, 11) is 0. The molecule has 0 unspecified atom stereocenters. The van der Waals surface area contributed by atoms with Crippen molar-refractivity contribution in [1.82, 2.24) is 0 Å². The first-order valence-corrected chi connectivity index (χ1v) is 4.77. The predicted octanol–water partition coefficient (Wildman–Crippen LogP) is 2.64. The lowest BCUT2D eigenvalue weighted by Gasteiger charge is -2.02. The number of carbonyl (C=O) groups is 1. The van der Waals surface area contributed by atoms with E-state index in [0.29, 0.717) is 11.1 Å². The summed E-state index contributed by atoms with van der Waals surface area (Å²) >= 11 is 0. The first kappa shape index (κ1) is 12.6. The molecule has 1 N–H and O–H groups in total. The third kappa shape index (κ3) is 3.01. The van der Waals surface area contributed by atoms with Crippen LogP contribution in [-0.2, 0) is 4.79 Å². The van der Waals surface area contributed by atoms with Gasteiger partial charge in [-0.3, -0.25) is 10.1 Å². The minimum atomic E-state index is -1.08. The first-order chi connectivity index (χ1) is 7.93. The first-order valence-electron chi connectivity index (χ1n) is 4.77. The molecule has 0 amide bonds. The molecule has 1 aromatic rings. The average Bonchev–Trinajstić information content (AvgIpc) is 2.28. The van der Waals surface area contributed by atoms with Crippen LogP contribution in [0.1, 0.15) is 12.5 Å². The third-order valence-corrected chi connectivity index (χ3v) is 2.17. The van der Waals surface area contributed by atoms with Crippen molar-refractivity contribution < 1.29 is 14.8 Å². The summed E-state index contributed by atoms with van der Waals surface area (Å²) in [4.78, 5) is 20.9. The maximum atomic E-state index is 10.8. The minimum absolute atomic E-state index is 0.0770. The van der Waals surface area contributed by atoms with Crippen molar-refractivity contribution in [3.8, 4) is 0 Å². The Morgan fingerprint density at radius 1 is 1.47 bits per heavy atom. The highest BCUT2D eigenvalue weighted by Crippen LogP contribution is 2.25. The number of carboxylic acids is 1. The van der Waals surface area contributed by atoms with Crippen LogP contribution in [0.5, 0.6) is 0 Å². The maximum absolute atomic E-state index is 10.8. The zero-order valence-electron chi connectivity index (χ0n) is 9.21. The van der Waals surface area contributed by atoms with Gasteiger partial charge in [-0.1, -0.05) is 18.7 Å². The van der Waals surface area contributed by atoms with Crippen molar-refractivity contribution in [3.63, 3.8) is 0 Å². The van der Waals surface area contributed by atoms with Crippen molar-refractivity contribution in [2.45, 2.75) is 6.92 Å². The predicted molar refractivity (Wildman–Crippen MR) is 63.5 cm³/mol. The van der Waals surface area contributed by atoms with Crippen molar-refractivity contribution in [2.24, 2.45) is 0 Å². The van der Waals surface area contributed by atoms with Gasteiger partial charge in [0.05, 0.1) is 10.5 Å². The monoisotopic (exact) mass is 233 g/mol. The van der Waals surface area contributed by atoms with Gasteiger partial charge in [-0.2, -0.15) is 0 Å². The highest BCUT2D eigenvalue weighted by molar-refractivity contribution is 5.91. The van der Waals surface area contributed by atoms with Gasteiger partial charge in [-0.15, -0.1) is 0 Å². The van der Waals surface area contributed by atoms with Crippen LogP contribution in [0.2, 0.25) is 0 Å². The zero-order chi connectivity index (χ0) is 13.0. The Morgan fingerprint density at radius 2 is 2.06 bits per heavy atom. The van der Waals surface area contributed by atoms with E-state index >= 15 is 0 Å². The largest absolute Gasteiger partial charge is 0.478 e. The number of aliphatic carboxylic acids is 1. The minimum Gasteiger partial charge on any atom is -0.478 e. The number of nitro benzene ring substituents is 1. The van der Waals surface area contributed by atoms with Crippen molar-refractivity contribution in [1.29, 1.82) is 0 Å². The van der Waals surface area contributed by atoms with Crippen molar-refractivity contribution in [2.75, 3.05) is 0 Å². The summed E-state index contributed by atoms with van der Waals surface area (Å²) in [5.41, 5.74) is 0.607. The van der Waals surface area contributed by atoms with Gasteiger partial charge in [-0.25, -0.2) is 4.79 Å². The maximum Gasteiger partial charge on any atom is 0.331 e.